The quantitative estimate of drug-likeness (QED) is 0.898. The van der Waals surface area contributed by atoms with E-state index >= 15 is 0 Å². The summed E-state index contributed by atoms with van der Waals surface area (Å²) in [4.78, 5) is 16.9. The topological polar surface area (TPSA) is 50.2 Å². The van der Waals surface area contributed by atoms with E-state index in [1.165, 1.54) is 49.9 Å². The van der Waals surface area contributed by atoms with Crippen molar-refractivity contribution in [2.24, 2.45) is 17.8 Å². The van der Waals surface area contributed by atoms with Crippen LogP contribution < -0.4 is 0 Å². The molecule has 4 aliphatic carbocycles. The zero-order valence-corrected chi connectivity index (χ0v) is 13.6. The number of carbonyl (C=O) groups is 1. The van der Waals surface area contributed by atoms with E-state index in [1.54, 1.807) is 0 Å². The molecular formula is C17H23NO2S. The maximum absolute atomic E-state index is 11.5. The summed E-state index contributed by atoms with van der Waals surface area (Å²) in [5, 5.41) is 10.6. The summed E-state index contributed by atoms with van der Waals surface area (Å²) in [7, 11) is 0. The first-order chi connectivity index (χ1) is 9.97. The van der Waals surface area contributed by atoms with Crippen molar-refractivity contribution in [3.05, 3.63) is 15.6 Å². The molecule has 4 bridgehead atoms. The molecule has 114 valence electrons. The Morgan fingerprint density at radius 1 is 1.19 bits per heavy atom. The fraction of sp³-hybridized carbons (Fsp3) is 0.765. The summed E-state index contributed by atoms with van der Waals surface area (Å²) in [5.74, 6) is 2.00. The van der Waals surface area contributed by atoms with Gasteiger partial charge in [0.2, 0.25) is 0 Å². The molecule has 1 aromatic heterocycles. The number of aromatic carboxylic acids is 1. The predicted molar refractivity (Wildman–Crippen MR) is 83.0 cm³/mol. The third kappa shape index (κ3) is 2.06. The first kappa shape index (κ1) is 13.7. The smallest absolute Gasteiger partial charge is 0.347 e. The van der Waals surface area contributed by atoms with Gasteiger partial charge in [0.25, 0.3) is 0 Å². The summed E-state index contributed by atoms with van der Waals surface area (Å²) in [6.07, 6.45) is 7.99. The number of nitrogens with zero attached hydrogens (tertiary/aromatic N) is 1. The van der Waals surface area contributed by atoms with Crippen LogP contribution >= 0.6 is 11.3 Å². The van der Waals surface area contributed by atoms with Crippen LogP contribution in [0.15, 0.2) is 0 Å². The number of rotatable bonds is 3. The summed E-state index contributed by atoms with van der Waals surface area (Å²) in [6, 6.07) is 0. The molecule has 0 atom stereocenters. The maximum Gasteiger partial charge on any atom is 0.347 e. The maximum atomic E-state index is 11.5. The number of hydrogen-bond donors (Lipinski definition) is 1. The second-order valence-corrected chi connectivity index (χ2v) is 8.89. The minimum atomic E-state index is -0.799. The Hall–Kier alpha value is -0.900. The first-order valence-corrected chi connectivity index (χ1v) is 9.03. The molecule has 21 heavy (non-hydrogen) atoms. The fourth-order valence-corrected chi connectivity index (χ4v) is 6.75. The molecule has 3 nitrogen and oxygen atoms in total. The van der Waals surface area contributed by atoms with Crippen LogP contribution in [-0.4, -0.2) is 16.1 Å². The lowest BCUT2D eigenvalue weighted by Gasteiger charge is -2.56. The van der Waals surface area contributed by atoms with Gasteiger partial charge in [-0.1, -0.05) is 13.8 Å². The predicted octanol–water partition coefficient (Wildman–Crippen LogP) is 4.43. The molecule has 0 unspecified atom stereocenters. The van der Waals surface area contributed by atoms with E-state index in [4.69, 9.17) is 4.98 Å². The minimum absolute atomic E-state index is 0.190. The molecule has 0 amide bonds. The van der Waals surface area contributed by atoms with Gasteiger partial charge in [0.1, 0.15) is 4.88 Å². The summed E-state index contributed by atoms with van der Waals surface area (Å²) < 4.78 is 0. The summed E-state index contributed by atoms with van der Waals surface area (Å²) in [6.45, 7) is 4.09. The van der Waals surface area contributed by atoms with E-state index in [0.717, 1.165) is 28.5 Å². The van der Waals surface area contributed by atoms with Crippen LogP contribution in [0, 0.1) is 17.8 Å². The van der Waals surface area contributed by atoms with Crippen molar-refractivity contribution in [3.63, 3.8) is 0 Å². The zero-order chi connectivity index (χ0) is 14.8. The Bertz CT molecular complexity index is 554. The molecule has 5 rings (SSSR count). The highest BCUT2D eigenvalue weighted by Gasteiger charge is 2.53. The van der Waals surface area contributed by atoms with Crippen LogP contribution in [0.2, 0.25) is 0 Å². The van der Waals surface area contributed by atoms with Crippen LogP contribution in [0.5, 0.6) is 0 Å². The van der Waals surface area contributed by atoms with Gasteiger partial charge in [-0.15, -0.1) is 11.3 Å². The van der Waals surface area contributed by atoms with Crippen molar-refractivity contribution in [1.29, 1.82) is 0 Å². The van der Waals surface area contributed by atoms with Crippen molar-refractivity contribution in [2.45, 2.75) is 63.7 Å². The monoisotopic (exact) mass is 305 g/mol. The fourth-order valence-electron chi connectivity index (χ4n) is 5.48. The third-order valence-corrected chi connectivity index (χ3v) is 7.19. The molecular weight excluding hydrogens is 282 g/mol. The molecule has 0 aromatic carbocycles. The van der Waals surface area contributed by atoms with E-state index in [-0.39, 0.29) is 11.3 Å². The standard InChI is InChI=1S/C17H23NO2S/c1-9(2)13-14(15(19)20)21-16(18-13)17-6-10-3-11(7-17)5-12(4-10)8-17/h9-12H,3-8H2,1-2H3,(H,19,20). The molecule has 1 N–H and O–H groups in total. The largest absolute Gasteiger partial charge is 0.477 e. The average Bonchev–Trinajstić information content (AvgIpc) is 2.82. The Labute approximate surface area is 129 Å². The van der Waals surface area contributed by atoms with Gasteiger partial charge in [0.05, 0.1) is 10.7 Å². The third-order valence-electron chi connectivity index (χ3n) is 5.89. The SMILES string of the molecule is CC(C)c1nc(C23CC4CC(CC(C4)C2)C3)sc1C(=O)O. The number of hydrogen-bond acceptors (Lipinski definition) is 3. The van der Waals surface area contributed by atoms with Gasteiger partial charge in [0, 0.05) is 5.41 Å². The molecule has 4 saturated carbocycles. The van der Waals surface area contributed by atoms with Gasteiger partial charge in [-0.2, -0.15) is 0 Å². The van der Waals surface area contributed by atoms with Crippen LogP contribution in [0.4, 0.5) is 0 Å². The van der Waals surface area contributed by atoms with E-state index in [0.29, 0.717) is 4.88 Å². The molecule has 4 aliphatic rings. The van der Waals surface area contributed by atoms with Crippen molar-refractivity contribution >= 4 is 17.3 Å². The molecule has 0 saturated heterocycles. The highest BCUT2D eigenvalue weighted by Crippen LogP contribution is 2.61. The van der Waals surface area contributed by atoms with E-state index < -0.39 is 5.97 Å². The highest BCUT2D eigenvalue weighted by atomic mass is 32.1. The number of carboxylic acids is 1. The van der Waals surface area contributed by atoms with E-state index in [2.05, 4.69) is 0 Å². The molecule has 1 aromatic rings. The Morgan fingerprint density at radius 2 is 1.71 bits per heavy atom. The average molecular weight is 305 g/mol. The Kier molecular flexibility index (Phi) is 2.97. The lowest BCUT2D eigenvalue weighted by molar-refractivity contribution is -0.00534. The van der Waals surface area contributed by atoms with Crippen molar-refractivity contribution < 1.29 is 9.90 Å². The second-order valence-electron chi connectivity index (χ2n) is 7.89. The first-order valence-electron chi connectivity index (χ1n) is 8.21. The zero-order valence-electron chi connectivity index (χ0n) is 12.8. The molecule has 4 fully saturated rings. The van der Waals surface area contributed by atoms with Gasteiger partial charge in [-0.3, -0.25) is 0 Å². The molecule has 1 heterocycles. The van der Waals surface area contributed by atoms with E-state index in [1.807, 2.05) is 13.8 Å². The molecule has 0 radical (unpaired) electrons. The van der Waals surface area contributed by atoms with Crippen LogP contribution in [0.1, 0.15) is 78.7 Å². The van der Waals surface area contributed by atoms with Crippen LogP contribution in [0.25, 0.3) is 0 Å². The Balaban J connectivity index is 1.76. The van der Waals surface area contributed by atoms with Gasteiger partial charge in [-0.05, 0) is 62.2 Å². The number of carboxylic acid groups (broad SMARTS) is 1. The van der Waals surface area contributed by atoms with Crippen molar-refractivity contribution in [3.8, 4) is 0 Å². The molecule has 0 aliphatic heterocycles. The van der Waals surface area contributed by atoms with Gasteiger partial charge >= 0.3 is 5.97 Å². The second kappa shape index (κ2) is 4.55. The summed E-state index contributed by atoms with van der Waals surface area (Å²) >= 11 is 1.47. The lowest BCUT2D eigenvalue weighted by atomic mass is 9.50. The van der Waals surface area contributed by atoms with Gasteiger partial charge < -0.3 is 5.11 Å². The van der Waals surface area contributed by atoms with Gasteiger partial charge in [0.15, 0.2) is 0 Å². The molecule has 0 spiro atoms. The van der Waals surface area contributed by atoms with Crippen molar-refractivity contribution in [2.75, 3.05) is 0 Å². The van der Waals surface area contributed by atoms with Gasteiger partial charge in [-0.25, -0.2) is 9.78 Å². The normalized spacial score (nSPS) is 37.4. The number of aromatic nitrogens is 1. The number of thiazole rings is 1. The van der Waals surface area contributed by atoms with Crippen LogP contribution in [0.3, 0.4) is 0 Å². The summed E-state index contributed by atoms with van der Waals surface area (Å²) in [5.41, 5.74) is 1.02. The van der Waals surface area contributed by atoms with E-state index in [9.17, 15) is 9.90 Å². The minimum Gasteiger partial charge on any atom is -0.477 e. The van der Waals surface area contributed by atoms with Crippen LogP contribution in [-0.2, 0) is 5.41 Å². The van der Waals surface area contributed by atoms with Crippen molar-refractivity contribution in [1.82, 2.24) is 4.98 Å². The highest BCUT2D eigenvalue weighted by molar-refractivity contribution is 7.13. The molecule has 4 heteroatoms. The lowest BCUT2D eigenvalue weighted by Crippen LogP contribution is -2.48. The Morgan fingerprint density at radius 3 is 2.10 bits per heavy atom.